The normalized spacial score (nSPS) is 36.6. The second-order valence-corrected chi connectivity index (χ2v) is 3.81. The molecule has 4 heteroatoms. The van der Waals surface area contributed by atoms with Crippen molar-refractivity contribution in [1.29, 1.82) is 0 Å². The number of hydrogen-bond acceptors (Lipinski definition) is 1. The predicted octanol–water partition coefficient (Wildman–Crippen LogP) is 2.47. The van der Waals surface area contributed by atoms with Gasteiger partial charge in [0.05, 0.1) is 5.92 Å². The summed E-state index contributed by atoms with van der Waals surface area (Å²) >= 11 is 8.22. The summed E-state index contributed by atoms with van der Waals surface area (Å²) in [7, 11) is 0. The summed E-state index contributed by atoms with van der Waals surface area (Å²) in [4.78, 5) is 10.2. The third kappa shape index (κ3) is 1.91. The average molecular weight is 238 g/mol. The van der Waals surface area contributed by atoms with Gasteiger partial charge in [-0.25, -0.2) is 4.39 Å². The first kappa shape index (κ1) is 8.94. The molecule has 0 amide bonds. The van der Waals surface area contributed by atoms with E-state index >= 15 is 0 Å². The summed E-state index contributed by atoms with van der Waals surface area (Å²) in [5, 5.41) is 0.274. The van der Waals surface area contributed by atoms with E-state index in [1.807, 2.05) is 0 Å². The van der Waals surface area contributed by atoms with E-state index in [0.29, 0.717) is 0 Å². The van der Waals surface area contributed by atoms with Crippen LogP contribution in [0.3, 0.4) is 0 Å². The van der Waals surface area contributed by atoms with Crippen LogP contribution in [0.2, 0.25) is 0 Å². The Balaban J connectivity index is 2.92. The lowest BCUT2D eigenvalue weighted by atomic mass is 10.0. The van der Waals surface area contributed by atoms with E-state index in [1.54, 1.807) is 6.29 Å². The van der Waals surface area contributed by atoms with Gasteiger partial charge in [0, 0.05) is 5.03 Å². The van der Waals surface area contributed by atoms with Crippen LogP contribution in [0, 0.1) is 5.92 Å². The van der Waals surface area contributed by atoms with E-state index < -0.39 is 10.5 Å². The summed E-state index contributed by atoms with van der Waals surface area (Å²) in [6.07, 6.45) is 5.52. The number of rotatable bonds is 1. The Bertz CT molecular complexity index is 235. The molecule has 0 heterocycles. The van der Waals surface area contributed by atoms with Gasteiger partial charge in [0.15, 0.2) is 4.58 Å². The Kier molecular flexibility index (Phi) is 2.50. The van der Waals surface area contributed by atoms with Gasteiger partial charge in [-0.2, -0.15) is 0 Å². The maximum absolute atomic E-state index is 13.2. The van der Waals surface area contributed by atoms with Crippen molar-refractivity contribution in [2.24, 2.45) is 5.92 Å². The van der Waals surface area contributed by atoms with E-state index in [0.717, 1.165) is 6.08 Å². The molecule has 0 N–H and O–H groups in total. The minimum absolute atomic E-state index is 0.274. The SMILES string of the molecule is O=[C]C1C=CC(Cl)=CC1(F)Br. The van der Waals surface area contributed by atoms with Crippen LogP contribution in [-0.2, 0) is 4.79 Å². The topological polar surface area (TPSA) is 17.1 Å². The fourth-order valence-electron chi connectivity index (χ4n) is 0.756. The fraction of sp³-hybridized carbons (Fsp3) is 0.286. The first-order valence-corrected chi connectivity index (χ1v) is 4.05. The van der Waals surface area contributed by atoms with Crippen LogP contribution in [0.4, 0.5) is 4.39 Å². The fourth-order valence-corrected chi connectivity index (χ4v) is 1.61. The van der Waals surface area contributed by atoms with E-state index in [1.165, 1.54) is 12.2 Å². The molecule has 1 radical (unpaired) electrons. The molecule has 0 aromatic heterocycles. The summed E-state index contributed by atoms with van der Waals surface area (Å²) in [5.41, 5.74) is 0. The van der Waals surface area contributed by atoms with Crippen LogP contribution in [-0.4, -0.2) is 10.9 Å². The summed E-state index contributed by atoms with van der Waals surface area (Å²) in [6, 6.07) is 0. The molecule has 0 aromatic carbocycles. The van der Waals surface area contributed by atoms with Crippen molar-refractivity contribution in [1.82, 2.24) is 0 Å². The van der Waals surface area contributed by atoms with Gasteiger partial charge in [-0.3, -0.25) is 4.79 Å². The maximum atomic E-state index is 13.2. The van der Waals surface area contributed by atoms with Gasteiger partial charge >= 0.3 is 0 Å². The van der Waals surface area contributed by atoms with Crippen LogP contribution in [0.15, 0.2) is 23.3 Å². The summed E-state index contributed by atoms with van der Waals surface area (Å²) < 4.78 is 11.4. The molecule has 1 aliphatic carbocycles. The quantitative estimate of drug-likeness (QED) is 0.641. The minimum atomic E-state index is -1.87. The lowest BCUT2D eigenvalue weighted by Crippen LogP contribution is -2.25. The molecule has 59 valence electrons. The van der Waals surface area contributed by atoms with Crippen molar-refractivity contribution in [3.63, 3.8) is 0 Å². The Hall–Kier alpha value is -0.150. The summed E-state index contributed by atoms with van der Waals surface area (Å²) in [6.45, 7) is 0. The molecule has 11 heavy (non-hydrogen) atoms. The molecular formula is C7H4BrClFO. The van der Waals surface area contributed by atoms with Gasteiger partial charge in [-0.15, -0.1) is 0 Å². The van der Waals surface area contributed by atoms with E-state index in [2.05, 4.69) is 15.9 Å². The standard InChI is InChI=1S/C7H4BrClFO/c8-7(10)3-6(9)2-1-5(7)4-11/h1-3,5H. The summed E-state index contributed by atoms with van der Waals surface area (Å²) in [5.74, 6) is -0.912. The molecule has 1 nitrogen and oxygen atoms in total. The van der Waals surface area contributed by atoms with Crippen molar-refractivity contribution < 1.29 is 9.18 Å². The highest BCUT2D eigenvalue weighted by Crippen LogP contribution is 2.36. The van der Waals surface area contributed by atoms with Crippen molar-refractivity contribution in [3.05, 3.63) is 23.3 Å². The monoisotopic (exact) mass is 237 g/mol. The zero-order valence-electron chi connectivity index (χ0n) is 5.35. The minimum Gasteiger partial charge on any atom is -0.290 e. The van der Waals surface area contributed by atoms with Crippen LogP contribution in [0.5, 0.6) is 0 Å². The molecule has 0 spiro atoms. The molecular weight excluding hydrogens is 234 g/mol. The molecule has 0 aliphatic heterocycles. The molecule has 0 aromatic rings. The van der Waals surface area contributed by atoms with Gasteiger partial charge in [-0.1, -0.05) is 17.7 Å². The molecule has 0 saturated carbocycles. The second-order valence-electron chi connectivity index (χ2n) is 2.16. The molecule has 0 saturated heterocycles. The lowest BCUT2D eigenvalue weighted by Gasteiger charge is -2.20. The average Bonchev–Trinajstić information content (AvgIpc) is 1.85. The number of alkyl halides is 2. The van der Waals surface area contributed by atoms with Crippen LogP contribution < -0.4 is 0 Å². The van der Waals surface area contributed by atoms with Crippen molar-refractivity contribution in [3.8, 4) is 0 Å². The second kappa shape index (κ2) is 3.07. The van der Waals surface area contributed by atoms with Crippen molar-refractivity contribution in [2.75, 3.05) is 0 Å². The number of allylic oxidation sites excluding steroid dienone is 4. The van der Waals surface area contributed by atoms with Crippen LogP contribution >= 0.6 is 27.5 Å². The number of carbonyl (C=O) groups excluding carboxylic acids is 1. The van der Waals surface area contributed by atoms with Gasteiger partial charge in [0.1, 0.15) is 0 Å². The van der Waals surface area contributed by atoms with Crippen LogP contribution in [0.1, 0.15) is 0 Å². The number of halogens is 3. The predicted molar refractivity (Wildman–Crippen MR) is 45.0 cm³/mol. The Morgan fingerprint density at radius 2 is 2.45 bits per heavy atom. The largest absolute Gasteiger partial charge is 0.290 e. The molecule has 1 aliphatic rings. The molecule has 2 atom stereocenters. The Labute approximate surface area is 77.0 Å². The Morgan fingerprint density at radius 1 is 1.82 bits per heavy atom. The molecule has 0 fully saturated rings. The van der Waals surface area contributed by atoms with Crippen molar-refractivity contribution >= 4 is 33.8 Å². The lowest BCUT2D eigenvalue weighted by molar-refractivity contribution is 0.324. The third-order valence-electron chi connectivity index (χ3n) is 1.32. The van der Waals surface area contributed by atoms with Gasteiger partial charge in [-0.05, 0) is 28.1 Å². The van der Waals surface area contributed by atoms with Crippen molar-refractivity contribution in [2.45, 2.75) is 4.58 Å². The number of hydrogen-bond donors (Lipinski definition) is 0. The third-order valence-corrected chi connectivity index (χ3v) is 2.28. The van der Waals surface area contributed by atoms with E-state index in [-0.39, 0.29) is 5.03 Å². The van der Waals surface area contributed by atoms with Crippen LogP contribution in [0.25, 0.3) is 0 Å². The van der Waals surface area contributed by atoms with Gasteiger partial charge < -0.3 is 0 Å². The maximum Gasteiger partial charge on any atom is 0.210 e. The molecule has 0 bridgehead atoms. The first-order chi connectivity index (χ1) is 5.06. The van der Waals surface area contributed by atoms with Gasteiger partial charge in [0.2, 0.25) is 6.29 Å². The van der Waals surface area contributed by atoms with E-state index in [9.17, 15) is 9.18 Å². The zero-order valence-corrected chi connectivity index (χ0v) is 7.69. The molecule has 1 rings (SSSR count). The zero-order chi connectivity index (χ0) is 8.48. The Morgan fingerprint density at radius 3 is 2.91 bits per heavy atom. The smallest absolute Gasteiger partial charge is 0.210 e. The first-order valence-electron chi connectivity index (χ1n) is 2.88. The van der Waals surface area contributed by atoms with Gasteiger partial charge in [0.25, 0.3) is 0 Å². The highest BCUT2D eigenvalue weighted by molar-refractivity contribution is 9.10. The highest BCUT2D eigenvalue weighted by Gasteiger charge is 2.35. The molecule has 2 unspecified atom stereocenters. The van der Waals surface area contributed by atoms with E-state index in [4.69, 9.17) is 11.6 Å². The highest BCUT2D eigenvalue weighted by atomic mass is 79.9.